The van der Waals surface area contributed by atoms with E-state index in [-0.39, 0.29) is 17.1 Å². The molecule has 0 unspecified atom stereocenters. The van der Waals surface area contributed by atoms with Gasteiger partial charge in [-0.3, -0.25) is 0 Å². The van der Waals surface area contributed by atoms with Gasteiger partial charge in [-0.15, -0.1) is 0 Å². The number of ether oxygens (including phenoxy) is 1. The summed E-state index contributed by atoms with van der Waals surface area (Å²) in [7, 11) is -1.25. The number of carbonyl (C=O) groups is 1. The predicted octanol–water partition coefficient (Wildman–Crippen LogP) is 4.77. The molecule has 1 aliphatic carbocycles. The Morgan fingerprint density at radius 3 is 2.00 bits per heavy atom. The van der Waals surface area contributed by atoms with E-state index >= 15 is 0 Å². The van der Waals surface area contributed by atoms with Crippen LogP contribution in [0, 0.1) is 0 Å². The van der Waals surface area contributed by atoms with Crippen LogP contribution in [-0.4, -0.2) is 27.5 Å². The predicted molar refractivity (Wildman–Crippen MR) is 126 cm³/mol. The molecule has 1 saturated carbocycles. The van der Waals surface area contributed by atoms with Gasteiger partial charge in [-0.2, -0.15) is 0 Å². The molecule has 0 aromatic heterocycles. The van der Waals surface area contributed by atoms with E-state index in [0.29, 0.717) is 6.42 Å². The Balaban J connectivity index is 2.10. The summed E-state index contributed by atoms with van der Waals surface area (Å²) in [5, 5.41) is 2.40. The van der Waals surface area contributed by atoms with Gasteiger partial charge in [-0.25, -0.2) is 4.79 Å². The van der Waals surface area contributed by atoms with Crippen LogP contribution in [0.5, 0.6) is 0 Å². The highest BCUT2D eigenvalue weighted by Gasteiger charge is 2.51. The number of hydrogen-bond donors (Lipinski definition) is 0. The van der Waals surface area contributed by atoms with Crippen LogP contribution in [0.25, 0.3) is 0 Å². The van der Waals surface area contributed by atoms with Crippen LogP contribution in [-0.2, 0) is 14.0 Å². The molecule has 0 N–H and O–H groups in total. The van der Waals surface area contributed by atoms with Gasteiger partial charge in [0.25, 0.3) is 8.32 Å². The molecular weight excluding hydrogens is 388 g/mol. The molecule has 1 fully saturated rings. The van der Waals surface area contributed by atoms with Gasteiger partial charge >= 0.3 is 5.97 Å². The van der Waals surface area contributed by atoms with Crippen LogP contribution in [0.3, 0.4) is 0 Å². The Kier molecular flexibility index (Phi) is 6.79. The highest BCUT2D eigenvalue weighted by Crippen LogP contribution is 2.40. The van der Waals surface area contributed by atoms with Gasteiger partial charge in [0.2, 0.25) is 0 Å². The first-order chi connectivity index (χ1) is 14.3. The second-order valence-electron chi connectivity index (χ2n) is 8.96. The molecule has 158 valence electrons. The summed E-state index contributed by atoms with van der Waals surface area (Å²) < 4.78 is 12.1. The maximum Gasteiger partial charge on any atom is 0.330 e. The molecule has 2 aromatic carbocycles. The van der Waals surface area contributed by atoms with Crippen molar-refractivity contribution in [1.29, 1.82) is 0 Å². The quantitative estimate of drug-likeness (QED) is 0.302. The first-order valence-corrected chi connectivity index (χ1v) is 12.4. The zero-order valence-corrected chi connectivity index (χ0v) is 19.5. The molecule has 30 heavy (non-hydrogen) atoms. The van der Waals surface area contributed by atoms with Crippen molar-refractivity contribution in [3.63, 3.8) is 0 Å². The molecule has 0 aliphatic heterocycles. The Hall–Kier alpha value is -2.43. The highest BCUT2D eigenvalue weighted by molar-refractivity contribution is 6.99. The summed E-state index contributed by atoms with van der Waals surface area (Å²) in [5.74, 6) is -0.304. The third-order valence-electron chi connectivity index (χ3n) is 5.93. The SMILES string of the molecule is C=C1CCC(=CC(=O)OC)C[C@H]1O[Si](c1ccccc1)(c1ccccc1)C(C)(C)C. The topological polar surface area (TPSA) is 35.5 Å². The first kappa shape index (κ1) is 22.3. The van der Waals surface area contributed by atoms with Crippen LogP contribution >= 0.6 is 0 Å². The third kappa shape index (κ3) is 4.50. The van der Waals surface area contributed by atoms with E-state index in [1.807, 2.05) is 12.1 Å². The molecule has 0 bridgehead atoms. The van der Waals surface area contributed by atoms with E-state index in [0.717, 1.165) is 24.0 Å². The summed E-state index contributed by atoms with van der Waals surface area (Å²) in [5.41, 5.74) is 2.17. The van der Waals surface area contributed by atoms with E-state index in [1.54, 1.807) is 6.08 Å². The van der Waals surface area contributed by atoms with Crippen molar-refractivity contribution in [3.8, 4) is 0 Å². The van der Waals surface area contributed by atoms with Crippen molar-refractivity contribution in [1.82, 2.24) is 0 Å². The fraction of sp³-hybridized carbons (Fsp3) is 0.346. The lowest BCUT2D eigenvalue weighted by molar-refractivity contribution is -0.134. The minimum absolute atomic E-state index is 0.0976. The van der Waals surface area contributed by atoms with Crippen LogP contribution in [0.4, 0.5) is 0 Å². The molecule has 1 aliphatic rings. The Labute approximate surface area is 181 Å². The van der Waals surface area contributed by atoms with E-state index < -0.39 is 8.32 Å². The lowest BCUT2D eigenvalue weighted by Gasteiger charge is -2.46. The largest absolute Gasteiger partial charge is 0.466 e. The van der Waals surface area contributed by atoms with Gasteiger partial charge in [-0.05, 0) is 40.2 Å². The third-order valence-corrected chi connectivity index (χ3v) is 11.0. The number of methoxy groups -OCH3 is 1. The zero-order chi connectivity index (χ0) is 21.8. The minimum Gasteiger partial charge on any atom is -0.466 e. The first-order valence-electron chi connectivity index (χ1n) is 10.5. The summed E-state index contributed by atoms with van der Waals surface area (Å²) in [4.78, 5) is 11.8. The fourth-order valence-corrected chi connectivity index (χ4v) is 9.04. The minimum atomic E-state index is -2.66. The number of rotatable bonds is 5. The molecule has 0 radical (unpaired) electrons. The maximum atomic E-state index is 11.8. The number of benzene rings is 2. The average molecular weight is 421 g/mol. The molecule has 0 saturated heterocycles. The second kappa shape index (κ2) is 9.15. The molecule has 1 atom stereocenters. The average Bonchev–Trinajstić information content (AvgIpc) is 2.74. The van der Waals surface area contributed by atoms with Crippen LogP contribution < -0.4 is 10.4 Å². The van der Waals surface area contributed by atoms with Crippen LogP contribution in [0.15, 0.2) is 84.5 Å². The van der Waals surface area contributed by atoms with Crippen molar-refractivity contribution in [2.45, 2.75) is 51.2 Å². The van der Waals surface area contributed by atoms with Gasteiger partial charge in [0.15, 0.2) is 0 Å². The molecule has 0 heterocycles. The van der Waals surface area contributed by atoms with Crippen molar-refractivity contribution >= 4 is 24.7 Å². The van der Waals surface area contributed by atoms with E-state index in [2.05, 4.69) is 75.9 Å². The maximum absolute atomic E-state index is 11.8. The molecule has 2 aromatic rings. The van der Waals surface area contributed by atoms with Gasteiger partial charge in [0.1, 0.15) is 0 Å². The summed E-state index contributed by atoms with van der Waals surface area (Å²) in [6, 6.07) is 21.2. The number of carbonyl (C=O) groups excluding carboxylic acids is 1. The van der Waals surface area contributed by atoms with Crippen molar-refractivity contribution in [3.05, 3.63) is 84.5 Å². The molecule has 4 heteroatoms. The van der Waals surface area contributed by atoms with Gasteiger partial charge in [0.05, 0.1) is 13.2 Å². The monoisotopic (exact) mass is 420 g/mol. The van der Waals surface area contributed by atoms with Crippen LogP contribution in [0.2, 0.25) is 5.04 Å². The normalized spacial score (nSPS) is 19.0. The lowest BCUT2D eigenvalue weighted by atomic mass is 9.89. The van der Waals surface area contributed by atoms with Crippen molar-refractivity contribution < 1.29 is 14.0 Å². The Bertz CT molecular complexity index is 871. The summed E-state index contributed by atoms with van der Waals surface area (Å²) in [6.07, 6.45) is 3.83. The molecule has 3 nitrogen and oxygen atoms in total. The van der Waals surface area contributed by atoms with Crippen molar-refractivity contribution in [2.24, 2.45) is 0 Å². The highest BCUT2D eigenvalue weighted by atomic mass is 28.4. The Morgan fingerprint density at radius 1 is 1.00 bits per heavy atom. The van der Waals surface area contributed by atoms with E-state index in [4.69, 9.17) is 9.16 Å². The van der Waals surface area contributed by atoms with Crippen LogP contribution in [0.1, 0.15) is 40.0 Å². The van der Waals surface area contributed by atoms with Gasteiger partial charge in [-0.1, -0.05) is 93.6 Å². The second-order valence-corrected chi connectivity index (χ2v) is 13.2. The molecular formula is C26H32O3Si. The van der Waals surface area contributed by atoms with Gasteiger partial charge < -0.3 is 9.16 Å². The molecule has 3 rings (SSSR count). The zero-order valence-electron chi connectivity index (χ0n) is 18.5. The Morgan fingerprint density at radius 2 is 1.53 bits per heavy atom. The standard InChI is InChI=1S/C26H32O3Si/c1-20-16-17-21(19-25(27)28-5)18-24(20)29-30(26(2,3)4,22-12-8-6-9-13-22)23-14-10-7-11-15-23/h6-15,19,24H,1,16-18H2,2-5H3/t24-/m1/s1. The van der Waals surface area contributed by atoms with E-state index in [1.165, 1.54) is 17.5 Å². The lowest BCUT2D eigenvalue weighted by Crippen LogP contribution is -2.68. The molecule has 0 spiro atoms. The summed E-state index contributed by atoms with van der Waals surface area (Å²) >= 11 is 0. The van der Waals surface area contributed by atoms with Crippen molar-refractivity contribution in [2.75, 3.05) is 7.11 Å². The number of esters is 1. The number of hydrogen-bond acceptors (Lipinski definition) is 3. The smallest absolute Gasteiger partial charge is 0.330 e. The van der Waals surface area contributed by atoms with E-state index in [9.17, 15) is 4.79 Å². The fourth-order valence-electron chi connectivity index (χ4n) is 4.35. The molecule has 0 amide bonds. The summed E-state index contributed by atoms with van der Waals surface area (Å²) in [6.45, 7) is 11.2. The van der Waals surface area contributed by atoms with Gasteiger partial charge in [0, 0.05) is 6.08 Å².